The summed E-state index contributed by atoms with van der Waals surface area (Å²) in [5.41, 5.74) is 3.05. The number of carbonyl (C=O) groups excluding carboxylic acids is 1. The third-order valence-corrected chi connectivity index (χ3v) is 4.14. The number of nitrogens with one attached hydrogen (secondary N) is 2. The molecule has 0 saturated heterocycles. The van der Waals surface area contributed by atoms with Crippen molar-refractivity contribution in [3.63, 3.8) is 0 Å². The van der Waals surface area contributed by atoms with Crippen molar-refractivity contribution in [2.45, 2.75) is 26.7 Å². The Labute approximate surface area is 165 Å². The van der Waals surface area contributed by atoms with Crippen molar-refractivity contribution in [3.8, 4) is 5.75 Å². The van der Waals surface area contributed by atoms with Crippen LogP contribution in [-0.4, -0.2) is 22.5 Å². The van der Waals surface area contributed by atoms with Crippen LogP contribution in [-0.2, 0) is 0 Å². The number of rotatable bonds is 7. The monoisotopic (exact) mass is 376 g/mol. The molecule has 1 aromatic heterocycles. The Hall–Kier alpha value is -3.41. The molecule has 0 atom stereocenters. The van der Waals surface area contributed by atoms with Gasteiger partial charge in [-0.3, -0.25) is 4.79 Å². The first-order valence-corrected chi connectivity index (χ1v) is 9.30. The van der Waals surface area contributed by atoms with Gasteiger partial charge in [0.05, 0.1) is 6.61 Å². The Bertz CT molecular complexity index is 939. The van der Waals surface area contributed by atoms with Gasteiger partial charge in [0.25, 0.3) is 5.91 Å². The minimum Gasteiger partial charge on any atom is -0.494 e. The number of hydrogen-bond acceptors (Lipinski definition) is 5. The van der Waals surface area contributed by atoms with E-state index in [0.717, 1.165) is 17.0 Å². The zero-order valence-corrected chi connectivity index (χ0v) is 16.3. The van der Waals surface area contributed by atoms with E-state index in [1.165, 1.54) is 0 Å². The molecular formula is C22H24N4O2. The van der Waals surface area contributed by atoms with Gasteiger partial charge in [-0.15, -0.1) is 0 Å². The molecule has 0 bridgehead atoms. The second kappa shape index (κ2) is 8.99. The number of ether oxygens (including phenoxy) is 1. The van der Waals surface area contributed by atoms with Crippen LogP contribution < -0.4 is 15.4 Å². The quantitative estimate of drug-likeness (QED) is 0.607. The number of anilines is 3. The first-order valence-electron chi connectivity index (χ1n) is 9.30. The standard InChI is InChI=1S/C22H24N4O2/c1-4-28-17-11-9-16(10-12-17)24-21(27)20-13-14-23-22(26-20)25-19-8-6-5-7-18(19)15(2)3/h5-15H,4H2,1-3H3,(H,24,27)(H,23,25,26). The Kier molecular flexibility index (Phi) is 6.22. The SMILES string of the molecule is CCOc1ccc(NC(=O)c2ccnc(Nc3ccccc3C(C)C)n2)cc1. The van der Waals surface area contributed by atoms with Gasteiger partial charge in [-0.25, -0.2) is 9.97 Å². The summed E-state index contributed by atoms with van der Waals surface area (Å²) in [6, 6.07) is 16.8. The number of benzene rings is 2. The van der Waals surface area contributed by atoms with Crippen LogP contribution in [0.2, 0.25) is 0 Å². The molecule has 144 valence electrons. The summed E-state index contributed by atoms with van der Waals surface area (Å²) in [4.78, 5) is 21.1. The van der Waals surface area contributed by atoms with Gasteiger partial charge in [0.2, 0.25) is 5.95 Å². The highest BCUT2D eigenvalue weighted by Gasteiger charge is 2.11. The van der Waals surface area contributed by atoms with Crippen LogP contribution in [0.25, 0.3) is 0 Å². The maximum Gasteiger partial charge on any atom is 0.274 e. The number of nitrogens with zero attached hydrogens (tertiary/aromatic N) is 2. The molecule has 0 unspecified atom stereocenters. The summed E-state index contributed by atoms with van der Waals surface area (Å²) < 4.78 is 5.41. The van der Waals surface area contributed by atoms with Crippen molar-refractivity contribution in [2.75, 3.05) is 17.2 Å². The molecule has 3 rings (SSSR count). The molecule has 2 aromatic carbocycles. The van der Waals surface area contributed by atoms with Gasteiger partial charge in [0, 0.05) is 17.6 Å². The second-order valence-electron chi connectivity index (χ2n) is 6.54. The fraction of sp³-hybridized carbons (Fsp3) is 0.227. The molecule has 0 spiro atoms. The van der Waals surface area contributed by atoms with Gasteiger partial charge >= 0.3 is 0 Å². The molecule has 2 N–H and O–H groups in total. The molecule has 28 heavy (non-hydrogen) atoms. The topological polar surface area (TPSA) is 76.1 Å². The van der Waals surface area contributed by atoms with Gasteiger partial charge in [-0.05, 0) is 54.8 Å². The average Bonchev–Trinajstić information content (AvgIpc) is 2.70. The number of aromatic nitrogens is 2. The molecule has 0 aliphatic heterocycles. The van der Waals surface area contributed by atoms with Crippen LogP contribution in [0.15, 0.2) is 60.8 Å². The van der Waals surface area contributed by atoms with Crippen LogP contribution in [0.5, 0.6) is 5.75 Å². The minimum atomic E-state index is -0.299. The van der Waals surface area contributed by atoms with Crippen LogP contribution in [0.4, 0.5) is 17.3 Å². The summed E-state index contributed by atoms with van der Waals surface area (Å²) in [7, 11) is 0. The third-order valence-electron chi connectivity index (χ3n) is 4.14. The lowest BCUT2D eigenvalue weighted by atomic mass is 10.0. The molecule has 0 fully saturated rings. The van der Waals surface area contributed by atoms with Crippen molar-refractivity contribution in [2.24, 2.45) is 0 Å². The van der Waals surface area contributed by atoms with Crippen LogP contribution in [0.3, 0.4) is 0 Å². The van der Waals surface area contributed by atoms with E-state index in [2.05, 4.69) is 40.5 Å². The van der Waals surface area contributed by atoms with Crippen molar-refractivity contribution in [3.05, 3.63) is 72.1 Å². The maximum atomic E-state index is 12.5. The maximum absolute atomic E-state index is 12.5. The summed E-state index contributed by atoms with van der Waals surface area (Å²) in [5.74, 6) is 1.20. The first kappa shape index (κ1) is 19.4. The molecule has 0 aliphatic carbocycles. The van der Waals surface area contributed by atoms with E-state index < -0.39 is 0 Å². The number of hydrogen-bond donors (Lipinski definition) is 2. The van der Waals surface area contributed by atoms with Crippen molar-refractivity contribution < 1.29 is 9.53 Å². The van der Waals surface area contributed by atoms with Gasteiger partial charge in [0.15, 0.2) is 0 Å². The molecular weight excluding hydrogens is 352 g/mol. The molecule has 1 amide bonds. The lowest BCUT2D eigenvalue weighted by Gasteiger charge is -2.13. The van der Waals surface area contributed by atoms with E-state index in [1.807, 2.05) is 37.3 Å². The predicted octanol–water partition coefficient (Wildman–Crippen LogP) is 4.99. The van der Waals surface area contributed by atoms with Gasteiger partial charge < -0.3 is 15.4 Å². The van der Waals surface area contributed by atoms with E-state index in [1.54, 1.807) is 24.4 Å². The number of carbonyl (C=O) groups is 1. The second-order valence-corrected chi connectivity index (χ2v) is 6.54. The molecule has 6 nitrogen and oxygen atoms in total. The third kappa shape index (κ3) is 4.85. The lowest BCUT2D eigenvalue weighted by Crippen LogP contribution is -2.15. The highest BCUT2D eigenvalue weighted by molar-refractivity contribution is 6.03. The summed E-state index contributed by atoms with van der Waals surface area (Å²) in [6.07, 6.45) is 1.57. The zero-order chi connectivity index (χ0) is 19.9. The molecule has 0 saturated carbocycles. The Morgan fingerprint density at radius 3 is 2.54 bits per heavy atom. The molecule has 1 heterocycles. The van der Waals surface area contributed by atoms with E-state index in [9.17, 15) is 4.79 Å². The highest BCUT2D eigenvalue weighted by Crippen LogP contribution is 2.25. The average molecular weight is 376 g/mol. The Morgan fingerprint density at radius 1 is 1.07 bits per heavy atom. The molecule has 0 aliphatic rings. The van der Waals surface area contributed by atoms with E-state index in [-0.39, 0.29) is 11.6 Å². The first-order chi connectivity index (χ1) is 13.6. The van der Waals surface area contributed by atoms with Gasteiger partial charge in [-0.1, -0.05) is 32.0 Å². The Morgan fingerprint density at radius 2 is 1.82 bits per heavy atom. The summed E-state index contributed by atoms with van der Waals surface area (Å²) >= 11 is 0. The van der Waals surface area contributed by atoms with Crippen LogP contribution in [0.1, 0.15) is 42.7 Å². The largest absolute Gasteiger partial charge is 0.494 e. The van der Waals surface area contributed by atoms with E-state index in [0.29, 0.717) is 24.2 Å². The molecule has 3 aromatic rings. The van der Waals surface area contributed by atoms with Crippen molar-refractivity contribution >= 4 is 23.2 Å². The normalized spacial score (nSPS) is 10.6. The van der Waals surface area contributed by atoms with Gasteiger partial charge in [0.1, 0.15) is 11.4 Å². The fourth-order valence-corrected chi connectivity index (χ4v) is 2.78. The smallest absolute Gasteiger partial charge is 0.274 e. The van der Waals surface area contributed by atoms with E-state index in [4.69, 9.17) is 4.74 Å². The fourth-order valence-electron chi connectivity index (χ4n) is 2.78. The van der Waals surface area contributed by atoms with Crippen molar-refractivity contribution in [1.29, 1.82) is 0 Å². The Balaban J connectivity index is 1.73. The summed E-state index contributed by atoms with van der Waals surface area (Å²) in [6.45, 7) is 6.78. The van der Waals surface area contributed by atoms with Gasteiger partial charge in [-0.2, -0.15) is 0 Å². The molecule has 6 heteroatoms. The number of amides is 1. The number of para-hydroxylation sites is 1. The minimum absolute atomic E-state index is 0.286. The van der Waals surface area contributed by atoms with Crippen molar-refractivity contribution in [1.82, 2.24) is 9.97 Å². The zero-order valence-electron chi connectivity index (χ0n) is 16.3. The molecule has 0 radical (unpaired) electrons. The lowest BCUT2D eigenvalue weighted by molar-refractivity contribution is 0.102. The van der Waals surface area contributed by atoms with Crippen LogP contribution in [0, 0.1) is 0 Å². The highest BCUT2D eigenvalue weighted by atomic mass is 16.5. The predicted molar refractivity (Wildman–Crippen MR) is 111 cm³/mol. The summed E-state index contributed by atoms with van der Waals surface area (Å²) in [5, 5.41) is 6.05. The van der Waals surface area contributed by atoms with Crippen LogP contribution >= 0.6 is 0 Å². The van der Waals surface area contributed by atoms with E-state index >= 15 is 0 Å².